The average Bonchev–Trinajstić information content (AvgIpc) is 2.34. The second-order valence-corrected chi connectivity index (χ2v) is 6.36. The summed E-state index contributed by atoms with van der Waals surface area (Å²) in [5, 5.41) is 3.46. The average molecular weight is 328 g/mol. The molecule has 1 atom stereocenters. The maximum Gasteiger partial charge on any atom is 0.120 e. The van der Waals surface area contributed by atoms with E-state index >= 15 is 0 Å². The summed E-state index contributed by atoms with van der Waals surface area (Å²) >= 11 is 3.59. The number of rotatable bonds is 7. The van der Waals surface area contributed by atoms with E-state index in [2.05, 4.69) is 68.0 Å². The van der Waals surface area contributed by atoms with Crippen LogP contribution in [-0.2, 0) is 0 Å². The molecular formula is C16H26BrNO. The third kappa shape index (κ3) is 5.53. The number of halogens is 1. The molecule has 1 unspecified atom stereocenters. The highest BCUT2D eigenvalue weighted by Crippen LogP contribution is 2.27. The molecule has 0 fully saturated rings. The smallest absolute Gasteiger partial charge is 0.120 e. The van der Waals surface area contributed by atoms with E-state index in [4.69, 9.17) is 4.74 Å². The Labute approximate surface area is 126 Å². The number of hydrogen-bond acceptors (Lipinski definition) is 2. The summed E-state index contributed by atoms with van der Waals surface area (Å²) in [5.41, 5.74) is 2.44. The highest BCUT2D eigenvalue weighted by atomic mass is 79.9. The molecule has 0 heterocycles. The van der Waals surface area contributed by atoms with Crippen LogP contribution in [0.2, 0.25) is 0 Å². The van der Waals surface area contributed by atoms with Gasteiger partial charge >= 0.3 is 0 Å². The fourth-order valence-electron chi connectivity index (χ4n) is 1.97. The maximum absolute atomic E-state index is 6.08. The van der Waals surface area contributed by atoms with Crippen LogP contribution in [0.1, 0.15) is 38.3 Å². The predicted molar refractivity (Wildman–Crippen MR) is 86.0 cm³/mol. The largest absolute Gasteiger partial charge is 0.489 e. The zero-order valence-electron chi connectivity index (χ0n) is 12.7. The van der Waals surface area contributed by atoms with E-state index in [9.17, 15) is 0 Å². The topological polar surface area (TPSA) is 21.3 Å². The van der Waals surface area contributed by atoms with E-state index in [0.29, 0.717) is 5.92 Å². The van der Waals surface area contributed by atoms with Gasteiger partial charge in [0.15, 0.2) is 0 Å². The van der Waals surface area contributed by atoms with Crippen molar-refractivity contribution in [1.29, 1.82) is 0 Å². The molecule has 0 aromatic heterocycles. The third-order valence-electron chi connectivity index (χ3n) is 3.09. The summed E-state index contributed by atoms with van der Waals surface area (Å²) in [6.45, 7) is 12.7. The van der Waals surface area contributed by atoms with Crippen molar-refractivity contribution >= 4 is 15.9 Å². The minimum Gasteiger partial charge on any atom is -0.489 e. The monoisotopic (exact) mass is 327 g/mol. The molecule has 108 valence electrons. The Balaban J connectivity index is 2.60. The molecule has 0 spiro atoms. The Bertz CT molecular complexity index is 381. The van der Waals surface area contributed by atoms with Crippen LogP contribution in [0.15, 0.2) is 16.6 Å². The van der Waals surface area contributed by atoms with Crippen LogP contribution in [0.4, 0.5) is 0 Å². The molecule has 0 aliphatic rings. The normalized spacial score (nSPS) is 12.8. The fourth-order valence-corrected chi connectivity index (χ4v) is 2.20. The second kappa shape index (κ2) is 7.91. The fraction of sp³-hybridized carbons (Fsp3) is 0.625. The van der Waals surface area contributed by atoms with E-state index in [1.165, 1.54) is 15.6 Å². The van der Waals surface area contributed by atoms with Crippen LogP contribution < -0.4 is 10.1 Å². The summed E-state index contributed by atoms with van der Waals surface area (Å²) in [5.74, 6) is 1.64. The first-order valence-electron chi connectivity index (χ1n) is 7.08. The van der Waals surface area contributed by atoms with Crippen LogP contribution in [0.5, 0.6) is 5.75 Å². The maximum atomic E-state index is 6.08. The summed E-state index contributed by atoms with van der Waals surface area (Å²) in [4.78, 5) is 0. The van der Waals surface area contributed by atoms with Crippen LogP contribution in [0.3, 0.4) is 0 Å². The molecule has 0 saturated heterocycles. The number of aryl methyl sites for hydroxylation is 2. The van der Waals surface area contributed by atoms with Crippen molar-refractivity contribution < 1.29 is 4.74 Å². The molecule has 1 aromatic carbocycles. The molecule has 0 aliphatic carbocycles. The molecule has 1 rings (SSSR count). The van der Waals surface area contributed by atoms with Crippen LogP contribution in [-0.4, -0.2) is 19.2 Å². The Morgan fingerprint density at radius 3 is 2.21 bits per heavy atom. The first kappa shape index (κ1) is 16.5. The van der Waals surface area contributed by atoms with Gasteiger partial charge in [0.1, 0.15) is 11.9 Å². The van der Waals surface area contributed by atoms with Gasteiger partial charge in [-0.25, -0.2) is 0 Å². The first-order chi connectivity index (χ1) is 8.93. The van der Waals surface area contributed by atoms with Gasteiger partial charge in [0.05, 0.1) is 0 Å². The van der Waals surface area contributed by atoms with Gasteiger partial charge in [-0.1, -0.05) is 36.7 Å². The first-order valence-corrected chi connectivity index (χ1v) is 7.87. The van der Waals surface area contributed by atoms with Gasteiger partial charge in [0, 0.05) is 11.0 Å². The van der Waals surface area contributed by atoms with E-state index in [1.807, 2.05) is 0 Å². The standard InChI is InChI=1S/C16H26BrNO/c1-6-14(10-18-9-11(2)3)19-15-7-12(4)16(17)13(5)8-15/h7-8,11,14,18H,6,9-10H2,1-5H3. The minimum atomic E-state index is 0.235. The predicted octanol–water partition coefficient (Wildman–Crippen LogP) is 4.47. The summed E-state index contributed by atoms with van der Waals surface area (Å²) in [7, 11) is 0. The Morgan fingerprint density at radius 1 is 1.16 bits per heavy atom. The van der Waals surface area contributed by atoms with E-state index < -0.39 is 0 Å². The number of ether oxygens (including phenoxy) is 1. The molecule has 1 N–H and O–H groups in total. The summed E-state index contributed by atoms with van der Waals surface area (Å²) in [6.07, 6.45) is 1.25. The van der Waals surface area contributed by atoms with Gasteiger partial charge in [-0.3, -0.25) is 0 Å². The molecule has 2 nitrogen and oxygen atoms in total. The molecular weight excluding hydrogens is 302 g/mol. The van der Waals surface area contributed by atoms with Gasteiger partial charge in [0.2, 0.25) is 0 Å². The van der Waals surface area contributed by atoms with Crippen molar-refractivity contribution in [1.82, 2.24) is 5.32 Å². The summed E-state index contributed by atoms with van der Waals surface area (Å²) < 4.78 is 7.25. The number of benzene rings is 1. The number of nitrogens with one attached hydrogen (secondary N) is 1. The SMILES string of the molecule is CCC(CNCC(C)C)Oc1cc(C)c(Br)c(C)c1. The van der Waals surface area contributed by atoms with Gasteiger partial charge in [-0.15, -0.1) is 0 Å². The van der Waals surface area contributed by atoms with Gasteiger partial charge in [-0.2, -0.15) is 0 Å². The van der Waals surface area contributed by atoms with Gasteiger partial charge in [-0.05, 0) is 56.0 Å². The lowest BCUT2D eigenvalue weighted by molar-refractivity contribution is 0.192. The highest BCUT2D eigenvalue weighted by Gasteiger charge is 2.10. The molecule has 1 aromatic rings. The second-order valence-electron chi connectivity index (χ2n) is 5.57. The third-order valence-corrected chi connectivity index (χ3v) is 4.34. The Morgan fingerprint density at radius 2 is 1.74 bits per heavy atom. The van der Waals surface area contributed by atoms with E-state index in [1.54, 1.807) is 0 Å². The van der Waals surface area contributed by atoms with Crippen LogP contribution in [0, 0.1) is 19.8 Å². The van der Waals surface area contributed by atoms with Crippen molar-refractivity contribution in [3.8, 4) is 5.75 Å². The van der Waals surface area contributed by atoms with Crippen LogP contribution in [0.25, 0.3) is 0 Å². The molecule has 0 saturated carbocycles. The quantitative estimate of drug-likeness (QED) is 0.797. The van der Waals surface area contributed by atoms with Crippen LogP contribution >= 0.6 is 15.9 Å². The van der Waals surface area contributed by atoms with Crippen molar-refractivity contribution in [2.75, 3.05) is 13.1 Å². The molecule has 19 heavy (non-hydrogen) atoms. The van der Waals surface area contributed by atoms with Gasteiger partial charge < -0.3 is 10.1 Å². The zero-order valence-corrected chi connectivity index (χ0v) is 14.3. The van der Waals surface area contributed by atoms with Crippen molar-refractivity contribution in [3.05, 3.63) is 27.7 Å². The van der Waals surface area contributed by atoms with Crippen molar-refractivity contribution in [3.63, 3.8) is 0 Å². The molecule has 3 heteroatoms. The lowest BCUT2D eigenvalue weighted by Gasteiger charge is -2.20. The minimum absolute atomic E-state index is 0.235. The van der Waals surface area contributed by atoms with Gasteiger partial charge in [0.25, 0.3) is 0 Å². The molecule has 0 radical (unpaired) electrons. The van der Waals surface area contributed by atoms with Crippen molar-refractivity contribution in [2.24, 2.45) is 5.92 Å². The highest BCUT2D eigenvalue weighted by molar-refractivity contribution is 9.10. The van der Waals surface area contributed by atoms with E-state index in [0.717, 1.165) is 25.3 Å². The van der Waals surface area contributed by atoms with E-state index in [-0.39, 0.29) is 6.10 Å². The molecule has 0 aliphatic heterocycles. The Kier molecular flexibility index (Phi) is 6.87. The molecule has 0 amide bonds. The number of hydrogen-bond donors (Lipinski definition) is 1. The lowest BCUT2D eigenvalue weighted by atomic mass is 10.1. The molecule has 0 bridgehead atoms. The lowest BCUT2D eigenvalue weighted by Crippen LogP contribution is -2.33. The zero-order chi connectivity index (χ0) is 14.4. The Hall–Kier alpha value is -0.540. The van der Waals surface area contributed by atoms with Crippen molar-refractivity contribution in [2.45, 2.75) is 47.1 Å². The summed E-state index contributed by atoms with van der Waals surface area (Å²) in [6, 6.07) is 4.20.